The van der Waals surface area contributed by atoms with Crippen molar-refractivity contribution in [3.63, 3.8) is 0 Å². The van der Waals surface area contributed by atoms with Gasteiger partial charge in [-0.1, -0.05) is 6.92 Å². The molecule has 5 heteroatoms. The van der Waals surface area contributed by atoms with Gasteiger partial charge in [0.05, 0.1) is 11.7 Å². The second kappa shape index (κ2) is 6.70. The lowest BCUT2D eigenvalue weighted by Gasteiger charge is -2.33. The molecule has 1 fully saturated rings. The molecule has 0 spiro atoms. The summed E-state index contributed by atoms with van der Waals surface area (Å²) in [5.41, 5.74) is 6.32. The number of piperidine rings is 1. The summed E-state index contributed by atoms with van der Waals surface area (Å²) in [7, 11) is 0. The molecule has 1 saturated heterocycles. The van der Waals surface area contributed by atoms with Crippen molar-refractivity contribution >= 4 is 11.6 Å². The van der Waals surface area contributed by atoms with E-state index in [-0.39, 0.29) is 17.6 Å². The van der Waals surface area contributed by atoms with Crippen molar-refractivity contribution in [1.29, 1.82) is 0 Å². The van der Waals surface area contributed by atoms with Crippen molar-refractivity contribution in [2.45, 2.75) is 32.3 Å². The van der Waals surface area contributed by atoms with Crippen LogP contribution in [-0.2, 0) is 4.74 Å². The first-order valence-corrected chi connectivity index (χ1v) is 7.07. The Morgan fingerprint density at radius 1 is 1.55 bits per heavy atom. The predicted octanol–water partition coefficient (Wildman–Crippen LogP) is 2.44. The van der Waals surface area contributed by atoms with Gasteiger partial charge >= 0.3 is 0 Å². The third-order valence-electron chi connectivity index (χ3n) is 3.47. The monoisotopic (exact) mass is 280 g/mol. The third-order valence-corrected chi connectivity index (χ3v) is 3.47. The van der Waals surface area contributed by atoms with Crippen molar-refractivity contribution in [1.82, 2.24) is 4.90 Å². The van der Waals surface area contributed by atoms with Gasteiger partial charge in [0.25, 0.3) is 5.91 Å². The van der Waals surface area contributed by atoms with Gasteiger partial charge in [0, 0.05) is 25.4 Å². The van der Waals surface area contributed by atoms with Gasteiger partial charge in [0.2, 0.25) is 0 Å². The van der Waals surface area contributed by atoms with Gasteiger partial charge in [0.15, 0.2) is 0 Å². The highest BCUT2D eigenvalue weighted by Gasteiger charge is 2.26. The van der Waals surface area contributed by atoms with Gasteiger partial charge in [-0.3, -0.25) is 4.79 Å². The summed E-state index contributed by atoms with van der Waals surface area (Å²) < 4.78 is 19.0. The van der Waals surface area contributed by atoms with Crippen molar-refractivity contribution in [2.24, 2.45) is 0 Å². The van der Waals surface area contributed by atoms with Crippen molar-refractivity contribution in [3.8, 4) is 0 Å². The number of benzene rings is 1. The molecule has 0 bridgehead atoms. The second-order valence-electron chi connectivity index (χ2n) is 5.12. The average Bonchev–Trinajstić information content (AvgIpc) is 2.47. The summed E-state index contributed by atoms with van der Waals surface area (Å²) in [5, 5.41) is 0. The van der Waals surface area contributed by atoms with E-state index in [0.29, 0.717) is 25.4 Å². The Balaban J connectivity index is 2.06. The van der Waals surface area contributed by atoms with Gasteiger partial charge in [-0.15, -0.1) is 0 Å². The number of hydrogen-bond donors (Lipinski definition) is 1. The standard InChI is InChI=1S/C15H21FN2O2/c1-2-8-20-12-4-3-7-18(10-12)15(19)13-9-11(16)5-6-14(13)17/h5-6,9,12H,2-4,7-8,10,17H2,1H3. The maximum absolute atomic E-state index is 13.3. The summed E-state index contributed by atoms with van der Waals surface area (Å²) in [6.45, 7) is 3.98. The minimum absolute atomic E-state index is 0.0717. The van der Waals surface area contributed by atoms with Gasteiger partial charge in [-0.2, -0.15) is 0 Å². The van der Waals surface area contributed by atoms with Crippen LogP contribution >= 0.6 is 0 Å². The SMILES string of the molecule is CCCOC1CCCN(C(=O)c2cc(F)ccc2N)C1. The molecule has 2 rings (SSSR count). The molecular weight excluding hydrogens is 259 g/mol. The van der Waals surface area contributed by atoms with E-state index in [9.17, 15) is 9.18 Å². The lowest BCUT2D eigenvalue weighted by molar-refractivity contribution is 0.00213. The van der Waals surface area contributed by atoms with Crippen LogP contribution in [0, 0.1) is 5.82 Å². The van der Waals surface area contributed by atoms with Gasteiger partial charge in [-0.25, -0.2) is 4.39 Å². The smallest absolute Gasteiger partial charge is 0.256 e. The number of carbonyl (C=O) groups is 1. The molecule has 20 heavy (non-hydrogen) atoms. The highest BCUT2D eigenvalue weighted by Crippen LogP contribution is 2.20. The molecule has 1 unspecified atom stereocenters. The van der Waals surface area contributed by atoms with Crippen molar-refractivity contribution < 1.29 is 13.9 Å². The highest BCUT2D eigenvalue weighted by molar-refractivity contribution is 5.99. The number of rotatable bonds is 4. The van der Waals surface area contributed by atoms with Crippen LogP contribution < -0.4 is 5.73 Å². The number of carbonyl (C=O) groups excluding carboxylic acids is 1. The number of amides is 1. The topological polar surface area (TPSA) is 55.6 Å². The number of hydrogen-bond acceptors (Lipinski definition) is 3. The Bertz CT molecular complexity index is 479. The normalized spacial score (nSPS) is 19.1. The van der Waals surface area contributed by atoms with E-state index in [1.165, 1.54) is 18.2 Å². The maximum atomic E-state index is 13.3. The second-order valence-corrected chi connectivity index (χ2v) is 5.12. The van der Waals surface area contributed by atoms with E-state index in [0.717, 1.165) is 19.3 Å². The zero-order valence-corrected chi connectivity index (χ0v) is 11.8. The van der Waals surface area contributed by atoms with Gasteiger partial charge in [-0.05, 0) is 37.5 Å². The molecule has 0 saturated carbocycles. The van der Waals surface area contributed by atoms with E-state index in [1.54, 1.807) is 4.90 Å². The molecule has 1 atom stereocenters. The molecule has 1 heterocycles. The summed E-state index contributed by atoms with van der Waals surface area (Å²) in [6.07, 6.45) is 2.89. The summed E-state index contributed by atoms with van der Waals surface area (Å²) in [4.78, 5) is 14.1. The van der Waals surface area contributed by atoms with Crippen LogP contribution in [0.15, 0.2) is 18.2 Å². The fourth-order valence-electron chi connectivity index (χ4n) is 2.43. The summed E-state index contributed by atoms with van der Waals surface area (Å²) >= 11 is 0. The average molecular weight is 280 g/mol. The predicted molar refractivity (Wildman–Crippen MR) is 76.0 cm³/mol. The number of anilines is 1. The Morgan fingerprint density at radius 2 is 2.35 bits per heavy atom. The number of halogens is 1. The van der Waals surface area contributed by atoms with Crippen LogP contribution in [0.25, 0.3) is 0 Å². The fraction of sp³-hybridized carbons (Fsp3) is 0.533. The molecule has 1 aromatic rings. The molecule has 0 aromatic heterocycles. The van der Waals surface area contributed by atoms with E-state index in [4.69, 9.17) is 10.5 Å². The van der Waals surface area contributed by atoms with Crippen LogP contribution in [0.2, 0.25) is 0 Å². The Kier molecular flexibility index (Phi) is 4.95. The van der Waals surface area contributed by atoms with Crippen LogP contribution in [0.1, 0.15) is 36.5 Å². The van der Waals surface area contributed by atoms with Crippen LogP contribution in [0.3, 0.4) is 0 Å². The largest absolute Gasteiger partial charge is 0.398 e. The molecule has 1 amide bonds. The maximum Gasteiger partial charge on any atom is 0.256 e. The van der Waals surface area contributed by atoms with Crippen molar-refractivity contribution in [3.05, 3.63) is 29.6 Å². The van der Waals surface area contributed by atoms with Crippen molar-refractivity contribution in [2.75, 3.05) is 25.4 Å². The third kappa shape index (κ3) is 3.48. The first-order chi connectivity index (χ1) is 9.61. The molecule has 4 nitrogen and oxygen atoms in total. The zero-order valence-electron chi connectivity index (χ0n) is 11.8. The minimum Gasteiger partial charge on any atom is -0.398 e. The number of ether oxygens (including phenoxy) is 1. The summed E-state index contributed by atoms with van der Waals surface area (Å²) in [6, 6.07) is 3.89. The number of nitrogens with two attached hydrogens (primary N) is 1. The van der Waals surface area contributed by atoms with Gasteiger partial charge < -0.3 is 15.4 Å². The van der Waals surface area contributed by atoms with E-state index < -0.39 is 5.82 Å². The molecule has 2 N–H and O–H groups in total. The molecule has 110 valence electrons. The van der Waals surface area contributed by atoms with E-state index >= 15 is 0 Å². The van der Waals surface area contributed by atoms with Crippen LogP contribution in [-0.4, -0.2) is 36.6 Å². The number of likely N-dealkylation sites (tertiary alicyclic amines) is 1. The molecule has 0 radical (unpaired) electrons. The quantitative estimate of drug-likeness (QED) is 0.862. The van der Waals surface area contributed by atoms with E-state index in [1.807, 2.05) is 0 Å². The lowest BCUT2D eigenvalue weighted by atomic mass is 10.1. The molecule has 0 aliphatic carbocycles. The fourth-order valence-corrected chi connectivity index (χ4v) is 2.43. The number of nitrogens with zero attached hydrogens (tertiary/aromatic N) is 1. The Morgan fingerprint density at radius 3 is 3.10 bits per heavy atom. The first kappa shape index (κ1) is 14.8. The first-order valence-electron chi connectivity index (χ1n) is 7.07. The highest BCUT2D eigenvalue weighted by atomic mass is 19.1. The molecule has 1 aromatic carbocycles. The van der Waals surface area contributed by atoms with Crippen LogP contribution in [0.5, 0.6) is 0 Å². The lowest BCUT2D eigenvalue weighted by Crippen LogP contribution is -2.43. The number of nitrogen functional groups attached to an aromatic ring is 1. The molecular formula is C15H21FN2O2. The molecule has 1 aliphatic rings. The molecule has 1 aliphatic heterocycles. The van der Waals surface area contributed by atoms with Crippen LogP contribution in [0.4, 0.5) is 10.1 Å². The minimum atomic E-state index is -0.446. The Labute approximate surface area is 118 Å². The van der Waals surface area contributed by atoms with Gasteiger partial charge in [0.1, 0.15) is 5.82 Å². The summed E-state index contributed by atoms with van der Waals surface area (Å²) in [5.74, 6) is -0.662. The van der Waals surface area contributed by atoms with E-state index in [2.05, 4.69) is 6.92 Å². The Hall–Kier alpha value is -1.62. The zero-order chi connectivity index (χ0) is 14.5.